The lowest BCUT2D eigenvalue weighted by Gasteiger charge is -2.72. The number of nitrogens with zero attached hydrogens (tertiary/aromatic N) is 1. The highest BCUT2D eigenvalue weighted by molar-refractivity contribution is 7.99. The average Bonchev–Trinajstić information content (AvgIpc) is 3.49. The van der Waals surface area contributed by atoms with Gasteiger partial charge in [-0.05, 0) is 153 Å². The van der Waals surface area contributed by atoms with Gasteiger partial charge >= 0.3 is 5.97 Å². The molecule has 1 aliphatic heterocycles. The molecule has 286 valence electrons. The van der Waals surface area contributed by atoms with E-state index in [-0.39, 0.29) is 28.9 Å². The third-order valence-corrected chi connectivity index (χ3v) is 18.6. The first kappa shape index (κ1) is 38.2. The van der Waals surface area contributed by atoms with E-state index < -0.39 is 5.41 Å². The van der Waals surface area contributed by atoms with Crippen LogP contribution in [0.25, 0.3) is 0 Å². The van der Waals surface area contributed by atoms with Crippen molar-refractivity contribution >= 4 is 17.7 Å². The molecule has 5 fully saturated rings. The Morgan fingerprint density at radius 2 is 1.73 bits per heavy atom. The molecule has 5 nitrogen and oxygen atoms in total. The van der Waals surface area contributed by atoms with Crippen LogP contribution in [0.15, 0.2) is 35.5 Å². The molecule has 2 N–H and O–H groups in total. The number of aliphatic hydroxyl groups is 1. The molecular formula is C45H72N2O3S. The van der Waals surface area contributed by atoms with Crippen LogP contribution in [0.3, 0.4) is 0 Å². The van der Waals surface area contributed by atoms with Gasteiger partial charge in [0.1, 0.15) is 0 Å². The first-order valence-corrected chi connectivity index (χ1v) is 22.3. The predicted molar refractivity (Wildman–Crippen MR) is 213 cm³/mol. The fraction of sp³-hybridized carbons (Fsp3) is 0.844. The van der Waals surface area contributed by atoms with Gasteiger partial charge in [-0.1, -0.05) is 58.9 Å². The second kappa shape index (κ2) is 13.9. The summed E-state index contributed by atoms with van der Waals surface area (Å²) in [5.41, 5.74) is 4.93. The molecule has 6 heteroatoms. The maximum Gasteiger partial charge on any atom is 0.314 e. The maximum absolute atomic E-state index is 12.9. The number of hydrogen-bond donors (Lipinski definition) is 2. The Labute approximate surface area is 315 Å². The van der Waals surface area contributed by atoms with Gasteiger partial charge in [0, 0.05) is 43.2 Å². The Balaban J connectivity index is 1.14. The second-order valence-electron chi connectivity index (χ2n) is 19.9. The molecule has 7 aliphatic rings. The van der Waals surface area contributed by atoms with Crippen LogP contribution < -0.4 is 5.32 Å². The zero-order valence-corrected chi connectivity index (χ0v) is 34.3. The molecule has 4 saturated carbocycles. The van der Waals surface area contributed by atoms with Crippen LogP contribution in [0.4, 0.5) is 0 Å². The molecule has 51 heavy (non-hydrogen) atoms. The highest BCUT2D eigenvalue weighted by Gasteiger charge is 2.70. The lowest BCUT2D eigenvalue weighted by Crippen LogP contribution is -2.68. The van der Waals surface area contributed by atoms with Crippen molar-refractivity contribution in [3.63, 3.8) is 0 Å². The molecule has 10 atom stereocenters. The number of hydrogen-bond acceptors (Lipinski definition) is 6. The molecule has 0 radical (unpaired) electrons. The number of esters is 1. The zero-order chi connectivity index (χ0) is 36.5. The van der Waals surface area contributed by atoms with Gasteiger partial charge < -0.3 is 20.1 Å². The number of nitrogens with one attached hydrogen (secondary N) is 1. The predicted octanol–water partition coefficient (Wildman–Crippen LogP) is 9.22. The van der Waals surface area contributed by atoms with E-state index in [0.29, 0.717) is 48.0 Å². The van der Waals surface area contributed by atoms with Crippen molar-refractivity contribution in [2.24, 2.45) is 56.7 Å². The molecule has 0 amide bonds. The van der Waals surface area contributed by atoms with Gasteiger partial charge in [-0.25, -0.2) is 0 Å². The summed E-state index contributed by atoms with van der Waals surface area (Å²) < 4.78 is 5.42. The summed E-state index contributed by atoms with van der Waals surface area (Å²) in [5, 5.41) is 14.6. The summed E-state index contributed by atoms with van der Waals surface area (Å²) in [4.78, 5) is 15.6. The number of ether oxygens (including phenoxy) is 1. The van der Waals surface area contributed by atoms with Crippen molar-refractivity contribution in [3.8, 4) is 0 Å². The molecule has 0 aromatic carbocycles. The number of carbonyl (C=O) groups is 1. The van der Waals surface area contributed by atoms with Crippen molar-refractivity contribution in [3.05, 3.63) is 35.5 Å². The Bertz CT molecular complexity index is 1420. The van der Waals surface area contributed by atoms with E-state index in [1.807, 2.05) is 6.92 Å². The fourth-order valence-electron chi connectivity index (χ4n) is 14.7. The number of fused-ring (bicyclic) bond motifs is 7. The van der Waals surface area contributed by atoms with Gasteiger partial charge in [0.05, 0.1) is 18.6 Å². The van der Waals surface area contributed by atoms with E-state index in [0.717, 1.165) is 31.2 Å². The molecule has 0 spiro atoms. The van der Waals surface area contributed by atoms with Crippen molar-refractivity contribution in [1.29, 1.82) is 0 Å². The van der Waals surface area contributed by atoms with Gasteiger partial charge in [-0.2, -0.15) is 11.8 Å². The summed E-state index contributed by atoms with van der Waals surface area (Å²) in [7, 11) is 0. The molecule has 0 bridgehead atoms. The third-order valence-electron chi connectivity index (χ3n) is 17.6. The highest BCUT2D eigenvalue weighted by atomic mass is 32.2. The number of rotatable bonds is 9. The number of carbonyl (C=O) groups excluding carboxylic acids is 1. The molecule has 7 rings (SSSR count). The summed E-state index contributed by atoms with van der Waals surface area (Å²) in [5.74, 6) is 5.85. The summed E-state index contributed by atoms with van der Waals surface area (Å²) >= 11 is 2.11. The highest BCUT2D eigenvalue weighted by Crippen LogP contribution is 2.76. The zero-order valence-electron chi connectivity index (χ0n) is 33.5. The molecule has 1 saturated heterocycles. The maximum atomic E-state index is 12.9. The van der Waals surface area contributed by atoms with E-state index >= 15 is 0 Å². The average molecular weight is 721 g/mol. The minimum absolute atomic E-state index is 0.0796. The first-order valence-electron chi connectivity index (χ1n) is 21.1. The largest absolute Gasteiger partial charge is 0.465 e. The van der Waals surface area contributed by atoms with Crippen molar-refractivity contribution in [1.82, 2.24) is 10.2 Å². The van der Waals surface area contributed by atoms with E-state index in [1.165, 1.54) is 99.2 Å². The quantitative estimate of drug-likeness (QED) is 0.183. The van der Waals surface area contributed by atoms with E-state index in [1.54, 1.807) is 0 Å². The monoisotopic (exact) mass is 721 g/mol. The normalized spacial score (nSPS) is 45.0. The van der Waals surface area contributed by atoms with Gasteiger partial charge in [0.2, 0.25) is 0 Å². The molecule has 6 aliphatic carbocycles. The van der Waals surface area contributed by atoms with Gasteiger partial charge in [0.15, 0.2) is 0 Å². The van der Waals surface area contributed by atoms with Gasteiger partial charge in [-0.3, -0.25) is 4.79 Å². The summed E-state index contributed by atoms with van der Waals surface area (Å²) in [6.45, 7) is 27.2. The van der Waals surface area contributed by atoms with Crippen LogP contribution >= 0.6 is 11.8 Å². The number of thioether (sulfide) groups is 1. The molecule has 0 aromatic rings. The SMILES string of the molecule is C=C(C)[C@@H]1CC[C@]2(NCCN3CCSCC3)CC[C@]3(C)[C@H](CC[C@@H]4[C@@]5(C)CC=C(C6=CCC(CO)(C(=O)OCC)CC6)C(C)(C)[C@@H]5CC[C@]43C)[C@@H]12. The molecule has 0 aromatic heterocycles. The minimum Gasteiger partial charge on any atom is -0.465 e. The van der Waals surface area contributed by atoms with Crippen LogP contribution in [-0.2, 0) is 9.53 Å². The summed E-state index contributed by atoms with van der Waals surface area (Å²) in [6, 6.07) is 0. The Hall–Kier alpha value is -1.08. The van der Waals surface area contributed by atoms with Crippen molar-refractivity contribution in [2.45, 2.75) is 131 Å². The minimum atomic E-state index is -0.782. The van der Waals surface area contributed by atoms with E-state index in [9.17, 15) is 9.90 Å². The lowest BCUT2D eigenvalue weighted by molar-refractivity contribution is -0.221. The smallest absolute Gasteiger partial charge is 0.314 e. The van der Waals surface area contributed by atoms with Gasteiger partial charge in [0.25, 0.3) is 0 Å². The van der Waals surface area contributed by atoms with Crippen LogP contribution in [0.2, 0.25) is 0 Å². The molecular weight excluding hydrogens is 649 g/mol. The molecule has 1 heterocycles. The van der Waals surface area contributed by atoms with Crippen molar-refractivity contribution in [2.75, 3.05) is 50.9 Å². The number of aliphatic hydroxyl groups excluding tert-OH is 1. The Morgan fingerprint density at radius 1 is 0.961 bits per heavy atom. The second-order valence-corrected chi connectivity index (χ2v) is 21.1. The first-order chi connectivity index (χ1) is 24.2. The fourth-order valence-corrected chi connectivity index (χ4v) is 15.7. The topological polar surface area (TPSA) is 61.8 Å². The van der Waals surface area contributed by atoms with Gasteiger partial charge in [-0.15, -0.1) is 0 Å². The summed E-state index contributed by atoms with van der Waals surface area (Å²) in [6.07, 6.45) is 18.9. The van der Waals surface area contributed by atoms with Crippen LogP contribution in [0.1, 0.15) is 126 Å². The third kappa shape index (κ3) is 5.92. The van der Waals surface area contributed by atoms with E-state index in [2.05, 4.69) is 82.3 Å². The Kier molecular flexibility index (Phi) is 10.4. The molecule has 1 unspecified atom stereocenters. The lowest BCUT2D eigenvalue weighted by atomic mass is 9.33. The standard InChI is InChI=1S/C45H72N2O3S/c1-9-50-39(49)44(30-48)19-12-32(13-20-44)34-15-17-41(6)36(40(34,4)5)16-18-43(8)37(41)11-10-35-38-33(31(2)3)14-21-45(38,23-22-42(35,43)7)46-24-25-47-26-28-51-29-27-47/h12,15,33,35-38,46,48H,2,9-11,13-14,16-30H2,1,3-8H3/t33-,35+,36-,37+,38+,41-,42+,43+,44?,45-/m0/s1. The van der Waals surface area contributed by atoms with Crippen LogP contribution in [0.5, 0.6) is 0 Å². The van der Waals surface area contributed by atoms with E-state index in [4.69, 9.17) is 4.74 Å². The van der Waals surface area contributed by atoms with Crippen LogP contribution in [0, 0.1) is 56.7 Å². The Morgan fingerprint density at radius 3 is 2.39 bits per heavy atom. The van der Waals surface area contributed by atoms with Crippen LogP contribution in [-0.4, -0.2) is 72.4 Å². The van der Waals surface area contributed by atoms with Crippen molar-refractivity contribution < 1.29 is 14.6 Å². The number of allylic oxidation sites excluding steroid dienone is 5.